The fourth-order valence-corrected chi connectivity index (χ4v) is 2.23. The van der Waals surface area contributed by atoms with Gasteiger partial charge in [-0.1, -0.05) is 0 Å². The Balaban J connectivity index is 1.78. The highest BCUT2D eigenvalue weighted by Gasteiger charge is 2.19. The summed E-state index contributed by atoms with van der Waals surface area (Å²) in [5.74, 6) is 0.597. The predicted octanol–water partition coefficient (Wildman–Crippen LogP) is 2.34. The van der Waals surface area contributed by atoms with E-state index in [0.717, 1.165) is 0 Å². The number of hydrogen-bond donors (Lipinski definition) is 2. The van der Waals surface area contributed by atoms with E-state index in [4.69, 9.17) is 19.5 Å². The zero-order chi connectivity index (χ0) is 21.2. The molecule has 0 bridgehead atoms. The number of nitrogens with zero attached hydrogens (tertiary/aromatic N) is 1. The number of rotatable bonds is 8. The summed E-state index contributed by atoms with van der Waals surface area (Å²) in [7, 11) is 0. The first-order valence-electron chi connectivity index (χ1n) is 9.09. The molecule has 2 aromatic carbocycles. The lowest BCUT2D eigenvalue weighted by molar-refractivity contribution is -0.135. The molecule has 0 aliphatic heterocycles. The van der Waals surface area contributed by atoms with Crippen LogP contribution in [0, 0.1) is 11.3 Å². The Morgan fingerprint density at radius 2 is 1.28 bits per heavy atom. The fraction of sp³-hybridized carbons (Fsp3) is 0.286. The highest BCUT2D eigenvalue weighted by Crippen LogP contribution is 2.18. The highest BCUT2D eigenvalue weighted by molar-refractivity contribution is 5.86. The molecule has 0 aromatic heterocycles. The molecule has 2 aromatic rings. The molecule has 8 nitrogen and oxygen atoms in total. The van der Waals surface area contributed by atoms with Gasteiger partial charge in [0.1, 0.15) is 17.2 Å². The molecule has 2 rings (SSSR count). The van der Waals surface area contributed by atoms with Crippen LogP contribution in [0.3, 0.4) is 0 Å². The summed E-state index contributed by atoms with van der Waals surface area (Å²) in [6.45, 7) is 5.56. The molecule has 2 N–H and O–H groups in total. The maximum absolute atomic E-state index is 12.1. The Hall–Kier alpha value is -3.73. The SMILES string of the molecule is CCOc1ccc(O[C@H](C)C(=O)NNC(=O)[C@H](C)Oc2ccc(C#N)cc2)cc1. The van der Waals surface area contributed by atoms with E-state index in [2.05, 4.69) is 10.9 Å². The molecular weight excluding hydrogens is 374 g/mol. The fourth-order valence-electron chi connectivity index (χ4n) is 2.23. The molecule has 29 heavy (non-hydrogen) atoms. The molecule has 0 heterocycles. The minimum Gasteiger partial charge on any atom is -0.494 e. The first-order chi connectivity index (χ1) is 13.9. The quantitative estimate of drug-likeness (QED) is 0.662. The Morgan fingerprint density at radius 1 is 0.862 bits per heavy atom. The van der Waals surface area contributed by atoms with Crippen LogP contribution in [0.15, 0.2) is 48.5 Å². The Kier molecular flexibility index (Phi) is 7.86. The van der Waals surface area contributed by atoms with Crippen molar-refractivity contribution in [2.75, 3.05) is 6.61 Å². The number of hydrogen-bond acceptors (Lipinski definition) is 6. The molecule has 0 saturated heterocycles. The van der Waals surface area contributed by atoms with E-state index in [1.54, 1.807) is 62.4 Å². The predicted molar refractivity (Wildman–Crippen MR) is 105 cm³/mol. The molecule has 0 unspecified atom stereocenters. The van der Waals surface area contributed by atoms with Gasteiger partial charge in [-0.2, -0.15) is 5.26 Å². The van der Waals surface area contributed by atoms with Crippen molar-refractivity contribution in [2.24, 2.45) is 0 Å². The van der Waals surface area contributed by atoms with Crippen molar-refractivity contribution in [3.8, 4) is 23.3 Å². The van der Waals surface area contributed by atoms with Gasteiger partial charge in [-0.15, -0.1) is 0 Å². The van der Waals surface area contributed by atoms with E-state index < -0.39 is 24.0 Å². The Morgan fingerprint density at radius 3 is 1.69 bits per heavy atom. The van der Waals surface area contributed by atoms with Crippen LogP contribution in [0.1, 0.15) is 26.3 Å². The molecule has 8 heteroatoms. The lowest BCUT2D eigenvalue weighted by Gasteiger charge is -2.18. The van der Waals surface area contributed by atoms with Crippen LogP contribution >= 0.6 is 0 Å². The van der Waals surface area contributed by atoms with Gasteiger partial charge in [-0.25, -0.2) is 0 Å². The van der Waals surface area contributed by atoms with Gasteiger partial charge in [0.2, 0.25) is 0 Å². The first-order valence-corrected chi connectivity index (χ1v) is 9.09. The molecule has 0 aliphatic rings. The van der Waals surface area contributed by atoms with Gasteiger partial charge >= 0.3 is 0 Å². The third-order valence-electron chi connectivity index (χ3n) is 3.79. The largest absolute Gasteiger partial charge is 0.494 e. The van der Waals surface area contributed by atoms with Gasteiger partial charge in [-0.3, -0.25) is 20.4 Å². The molecule has 2 atom stereocenters. The molecule has 0 spiro atoms. The Bertz CT molecular complexity index is 859. The molecule has 2 amide bonds. The number of nitrogens with one attached hydrogen (secondary N) is 2. The monoisotopic (exact) mass is 397 g/mol. The van der Waals surface area contributed by atoms with Crippen LogP contribution in [-0.2, 0) is 9.59 Å². The summed E-state index contributed by atoms with van der Waals surface area (Å²) in [5.41, 5.74) is 5.10. The second kappa shape index (κ2) is 10.6. The Labute approximate surface area is 169 Å². The zero-order valence-electron chi connectivity index (χ0n) is 16.5. The highest BCUT2D eigenvalue weighted by atomic mass is 16.5. The smallest absolute Gasteiger partial charge is 0.279 e. The molecule has 0 radical (unpaired) electrons. The van der Waals surface area contributed by atoms with Gasteiger partial charge in [-0.05, 0) is 69.3 Å². The topological polar surface area (TPSA) is 110 Å². The number of amides is 2. The summed E-state index contributed by atoms with van der Waals surface area (Å²) < 4.78 is 16.4. The van der Waals surface area contributed by atoms with E-state index in [0.29, 0.717) is 29.4 Å². The lowest BCUT2D eigenvalue weighted by atomic mass is 10.2. The minimum atomic E-state index is -0.856. The number of carbonyl (C=O) groups is 2. The van der Waals surface area contributed by atoms with Crippen molar-refractivity contribution in [1.29, 1.82) is 5.26 Å². The maximum Gasteiger partial charge on any atom is 0.279 e. The van der Waals surface area contributed by atoms with E-state index in [1.807, 2.05) is 13.0 Å². The molecule has 0 saturated carbocycles. The number of nitriles is 1. The molecular formula is C21H23N3O5. The summed E-state index contributed by atoms with van der Waals surface area (Å²) in [4.78, 5) is 24.2. The van der Waals surface area contributed by atoms with Gasteiger partial charge in [0.05, 0.1) is 18.2 Å². The minimum absolute atomic E-state index is 0.435. The van der Waals surface area contributed by atoms with Gasteiger partial charge in [0.15, 0.2) is 12.2 Å². The van der Waals surface area contributed by atoms with Crippen LogP contribution in [0.4, 0.5) is 0 Å². The van der Waals surface area contributed by atoms with Crippen LogP contribution in [0.2, 0.25) is 0 Å². The van der Waals surface area contributed by atoms with Crippen molar-refractivity contribution in [3.63, 3.8) is 0 Å². The van der Waals surface area contributed by atoms with Crippen molar-refractivity contribution in [2.45, 2.75) is 33.0 Å². The second-order valence-electron chi connectivity index (χ2n) is 6.04. The molecule has 0 aliphatic carbocycles. The number of carbonyl (C=O) groups excluding carboxylic acids is 2. The lowest BCUT2D eigenvalue weighted by Crippen LogP contribution is -2.50. The van der Waals surface area contributed by atoms with Crippen molar-refractivity contribution in [1.82, 2.24) is 10.9 Å². The van der Waals surface area contributed by atoms with Crippen LogP contribution in [0.5, 0.6) is 17.2 Å². The van der Waals surface area contributed by atoms with Gasteiger partial charge in [0.25, 0.3) is 11.8 Å². The third kappa shape index (κ3) is 6.74. The zero-order valence-corrected chi connectivity index (χ0v) is 16.5. The van der Waals surface area contributed by atoms with E-state index >= 15 is 0 Å². The number of hydrazine groups is 1. The van der Waals surface area contributed by atoms with Crippen molar-refractivity contribution >= 4 is 11.8 Å². The summed E-state index contributed by atoms with van der Waals surface area (Å²) in [6.07, 6.45) is -1.69. The normalized spacial score (nSPS) is 12.1. The van der Waals surface area contributed by atoms with Gasteiger partial charge < -0.3 is 14.2 Å². The first kappa shape index (κ1) is 21.6. The third-order valence-corrected chi connectivity index (χ3v) is 3.79. The average Bonchev–Trinajstić information content (AvgIpc) is 2.73. The summed E-state index contributed by atoms with van der Waals surface area (Å²) in [5, 5.41) is 8.78. The van der Waals surface area contributed by atoms with Gasteiger partial charge in [0, 0.05) is 0 Å². The number of ether oxygens (including phenoxy) is 3. The summed E-state index contributed by atoms with van der Waals surface area (Å²) >= 11 is 0. The average molecular weight is 397 g/mol. The van der Waals surface area contributed by atoms with Crippen molar-refractivity contribution in [3.05, 3.63) is 54.1 Å². The van der Waals surface area contributed by atoms with Crippen LogP contribution in [-0.4, -0.2) is 30.6 Å². The van der Waals surface area contributed by atoms with Crippen LogP contribution < -0.4 is 25.1 Å². The van der Waals surface area contributed by atoms with Crippen LogP contribution in [0.25, 0.3) is 0 Å². The van der Waals surface area contributed by atoms with E-state index in [-0.39, 0.29) is 0 Å². The van der Waals surface area contributed by atoms with E-state index in [1.165, 1.54) is 0 Å². The van der Waals surface area contributed by atoms with E-state index in [9.17, 15) is 9.59 Å². The standard InChI is InChI=1S/C21H23N3O5/c1-4-27-17-9-11-19(12-10-17)29-15(3)21(26)24-23-20(25)14(2)28-18-7-5-16(13-22)6-8-18/h5-12,14-15H,4H2,1-3H3,(H,23,25)(H,24,26)/t14-,15+/m0/s1. The van der Waals surface area contributed by atoms with Crippen molar-refractivity contribution < 1.29 is 23.8 Å². The second-order valence-corrected chi connectivity index (χ2v) is 6.04. The summed E-state index contributed by atoms with van der Waals surface area (Å²) in [6, 6.07) is 15.2. The maximum atomic E-state index is 12.1. The molecule has 0 fully saturated rings. The molecule has 152 valence electrons. The number of benzene rings is 2.